The third-order valence-electron chi connectivity index (χ3n) is 9.42. The number of benzene rings is 3. The second kappa shape index (κ2) is 17.8. The third kappa shape index (κ3) is 9.93. The zero-order valence-corrected chi connectivity index (χ0v) is 32.4. The van der Waals surface area contributed by atoms with Gasteiger partial charge in [0, 0.05) is 0 Å². The quantitative estimate of drug-likeness (QED) is 0.0947. The first-order valence-corrected chi connectivity index (χ1v) is 27.2. The van der Waals surface area contributed by atoms with Crippen molar-refractivity contribution in [2.24, 2.45) is 0 Å². The minimum atomic E-state index is -2.68. The number of hydrogen-bond donors (Lipinski definition) is 0. The zero-order valence-electron chi connectivity index (χ0n) is 28.5. The SMILES string of the molecule is CCC[CH2][Sn]([CH2]CCC)([CH2]CCC)[CH2]/C(C)=C\CC(O[Si](c1ccccc1)(c1ccccc1)C(C)(C)C)c1ccccc1. The second-order valence-corrected chi connectivity index (χ2v) is 32.1. The van der Waals surface area contributed by atoms with Crippen molar-refractivity contribution in [3.63, 3.8) is 0 Å². The van der Waals surface area contributed by atoms with Crippen molar-refractivity contribution in [2.45, 2.75) is 122 Å². The predicted octanol–water partition coefficient (Wildman–Crippen LogP) is 11.5. The van der Waals surface area contributed by atoms with Crippen LogP contribution in [0.25, 0.3) is 0 Å². The summed E-state index contributed by atoms with van der Waals surface area (Å²) in [6.07, 6.45) is 11.8. The van der Waals surface area contributed by atoms with E-state index >= 15 is 0 Å². The molecule has 0 bridgehead atoms. The van der Waals surface area contributed by atoms with Gasteiger partial charge in [-0.25, -0.2) is 0 Å². The van der Waals surface area contributed by atoms with Crippen LogP contribution in [0.1, 0.15) is 105 Å². The first-order chi connectivity index (χ1) is 20.7. The summed E-state index contributed by atoms with van der Waals surface area (Å²) in [7, 11) is -2.68. The molecule has 1 nitrogen and oxygen atoms in total. The molecular weight excluding hydrogens is 643 g/mol. The maximum absolute atomic E-state index is 7.75. The molecule has 0 aliphatic carbocycles. The Morgan fingerprint density at radius 2 is 1.12 bits per heavy atom. The molecule has 1 unspecified atom stereocenters. The molecule has 0 fully saturated rings. The van der Waals surface area contributed by atoms with Gasteiger partial charge >= 0.3 is 272 Å². The Labute approximate surface area is 270 Å². The molecule has 234 valence electrons. The molecule has 0 saturated carbocycles. The number of rotatable bonds is 18. The normalized spacial score (nSPS) is 13.7. The van der Waals surface area contributed by atoms with Crippen LogP contribution in [-0.2, 0) is 4.43 Å². The van der Waals surface area contributed by atoms with Crippen LogP contribution in [0.15, 0.2) is 103 Å². The van der Waals surface area contributed by atoms with E-state index in [1.54, 1.807) is 18.9 Å². The molecule has 1 atom stereocenters. The molecule has 0 aromatic heterocycles. The van der Waals surface area contributed by atoms with Gasteiger partial charge in [0.15, 0.2) is 0 Å². The van der Waals surface area contributed by atoms with Gasteiger partial charge in [-0.3, -0.25) is 0 Å². The Morgan fingerprint density at radius 1 is 0.698 bits per heavy atom. The minimum absolute atomic E-state index is 0.00831. The first-order valence-electron chi connectivity index (χ1n) is 17.2. The van der Waals surface area contributed by atoms with Gasteiger partial charge in [0.1, 0.15) is 0 Å². The van der Waals surface area contributed by atoms with E-state index in [0.29, 0.717) is 0 Å². The van der Waals surface area contributed by atoms with Crippen LogP contribution in [-0.4, -0.2) is 26.7 Å². The van der Waals surface area contributed by atoms with Crippen LogP contribution >= 0.6 is 0 Å². The molecule has 0 amide bonds. The van der Waals surface area contributed by atoms with Crippen molar-refractivity contribution in [3.8, 4) is 0 Å². The fraction of sp³-hybridized carbons (Fsp3) is 0.500. The average Bonchev–Trinajstić information content (AvgIpc) is 3.02. The summed E-state index contributed by atoms with van der Waals surface area (Å²) in [6.45, 7) is 16.8. The van der Waals surface area contributed by atoms with Crippen molar-refractivity contribution < 1.29 is 4.43 Å². The van der Waals surface area contributed by atoms with Crippen LogP contribution < -0.4 is 10.4 Å². The molecule has 0 heterocycles. The molecule has 3 heteroatoms. The molecule has 0 N–H and O–H groups in total. The molecule has 3 aromatic carbocycles. The molecular formula is C40H60OSiSn. The van der Waals surface area contributed by atoms with Crippen LogP contribution in [0.5, 0.6) is 0 Å². The number of allylic oxidation sites excluding steroid dienone is 1. The molecule has 3 rings (SSSR count). The van der Waals surface area contributed by atoms with Gasteiger partial charge in [0.05, 0.1) is 0 Å². The van der Waals surface area contributed by atoms with Gasteiger partial charge in [0.2, 0.25) is 0 Å². The monoisotopic (exact) mass is 704 g/mol. The first kappa shape index (κ1) is 35.9. The van der Waals surface area contributed by atoms with Crippen molar-refractivity contribution >= 4 is 37.1 Å². The summed E-state index contributed by atoms with van der Waals surface area (Å²) in [6, 6.07) is 33.3. The van der Waals surface area contributed by atoms with Crippen molar-refractivity contribution in [3.05, 3.63) is 108 Å². The Kier molecular flexibility index (Phi) is 14.8. The maximum atomic E-state index is 7.75. The fourth-order valence-corrected chi connectivity index (χ4v) is 28.7. The molecule has 43 heavy (non-hydrogen) atoms. The van der Waals surface area contributed by atoms with E-state index in [2.05, 4.69) is 146 Å². The zero-order chi connectivity index (χ0) is 31.2. The third-order valence-corrected chi connectivity index (χ3v) is 30.3. The fourth-order valence-electron chi connectivity index (χ4n) is 7.09. The predicted molar refractivity (Wildman–Crippen MR) is 196 cm³/mol. The summed E-state index contributed by atoms with van der Waals surface area (Å²) >= 11 is -2.27. The summed E-state index contributed by atoms with van der Waals surface area (Å²) < 4.78 is 13.9. The van der Waals surface area contributed by atoms with E-state index in [-0.39, 0.29) is 11.1 Å². The molecule has 0 saturated heterocycles. The van der Waals surface area contributed by atoms with Gasteiger partial charge in [-0.1, -0.05) is 0 Å². The van der Waals surface area contributed by atoms with E-state index in [1.807, 2.05) is 0 Å². The summed E-state index contributed by atoms with van der Waals surface area (Å²) in [5.41, 5.74) is 2.92. The summed E-state index contributed by atoms with van der Waals surface area (Å²) in [4.78, 5) is 0. The van der Waals surface area contributed by atoms with Crippen LogP contribution in [0.2, 0.25) is 22.8 Å². The standard InChI is InChI=1S/C28H33OSi.3C4H9.Sn/c1-23(2)21-22-27(24-15-9-6-10-16-24)29-30(28(3,4)5,25-17-11-7-12-18-25)26-19-13-8-14-20-26;3*1-3-4-2;/h6-21,27H,1,22H2,2-5H3;3*1,3-4H2,2H3;/b23-21+;;;;. The molecule has 0 radical (unpaired) electrons. The van der Waals surface area contributed by atoms with E-state index in [0.717, 1.165) is 6.42 Å². The molecule has 0 aliphatic rings. The topological polar surface area (TPSA) is 9.23 Å². The van der Waals surface area contributed by atoms with Gasteiger partial charge in [0.25, 0.3) is 0 Å². The number of hydrogen-bond acceptors (Lipinski definition) is 1. The second-order valence-electron chi connectivity index (χ2n) is 14.0. The van der Waals surface area contributed by atoms with Gasteiger partial charge in [-0.15, -0.1) is 0 Å². The molecule has 3 aromatic rings. The number of unbranched alkanes of at least 4 members (excludes halogenated alkanes) is 3. The molecule has 0 spiro atoms. The van der Waals surface area contributed by atoms with Crippen molar-refractivity contribution in [2.75, 3.05) is 0 Å². The van der Waals surface area contributed by atoms with E-state index in [4.69, 9.17) is 4.43 Å². The van der Waals surface area contributed by atoms with Gasteiger partial charge in [-0.05, 0) is 0 Å². The Morgan fingerprint density at radius 3 is 1.51 bits per heavy atom. The Bertz CT molecular complexity index is 1140. The van der Waals surface area contributed by atoms with E-state index in [9.17, 15) is 0 Å². The van der Waals surface area contributed by atoms with Gasteiger partial charge < -0.3 is 0 Å². The Hall–Kier alpha value is -1.62. The van der Waals surface area contributed by atoms with Crippen molar-refractivity contribution in [1.29, 1.82) is 0 Å². The van der Waals surface area contributed by atoms with Crippen LogP contribution in [0.3, 0.4) is 0 Å². The van der Waals surface area contributed by atoms with E-state index in [1.165, 1.54) is 58.9 Å². The average molecular weight is 704 g/mol. The van der Waals surface area contributed by atoms with Gasteiger partial charge in [-0.2, -0.15) is 0 Å². The van der Waals surface area contributed by atoms with Crippen molar-refractivity contribution in [1.82, 2.24) is 0 Å². The Balaban J connectivity index is 2.05. The molecule has 0 aliphatic heterocycles. The van der Waals surface area contributed by atoms with Crippen LogP contribution in [0, 0.1) is 0 Å². The summed E-state index contributed by atoms with van der Waals surface area (Å²) in [5.74, 6) is 0. The summed E-state index contributed by atoms with van der Waals surface area (Å²) in [5, 5.41) is 2.65. The van der Waals surface area contributed by atoms with E-state index < -0.39 is 26.7 Å². The van der Waals surface area contributed by atoms with Crippen LogP contribution in [0.4, 0.5) is 0 Å².